The number of benzene rings is 2. The fourth-order valence-corrected chi connectivity index (χ4v) is 2.90. The van der Waals surface area contributed by atoms with E-state index in [1.165, 1.54) is 5.56 Å². The Hall–Kier alpha value is -3.21. The van der Waals surface area contributed by atoms with Crippen molar-refractivity contribution in [3.8, 4) is 0 Å². The molecule has 2 aromatic carbocycles. The molecule has 0 saturated carbocycles. The first-order valence-corrected chi connectivity index (χ1v) is 9.59. The van der Waals surface area contributed by atoms with Crippen molar-refractivity contribution < 1.29 is 4.79 Å². The third-order valence-electron chi connectivity index (χ3n) is 4.62. The van der Waals surface area contributed by atoms with Crippen molar-refractivity contribution in [1.82, 2.24) is 14.9 Å². The van der Waals surface area contributed by atoms with Crippen LogP contribution in [0.2, 0.25) is 0 Å². The molecule has 0 unspecified atom stereocenters. The summed E-state index contributed by atoms with van der Waals surface area (Å²) >= 11 is 0. The molecule has 0 fully saturated rings. The number of nitrogens with one attached hydrogen (secondary N) is 1. The van der Waals surface area contributed by atoms with Crippen LogP contribution in [0, 0.1) is 0 Å². The van der Waals surface area contributed by atoms with Crippen LogP contribution in [0.4, 0.5) is 11.6 Å². The molecule has 0 radical (unpaired) electrons. The zero-order chi connectivity index (χ0) is 19.9. The molecule has 144 valence electrons. The van der Waals surface area contributed by atoms with Gasteiger partial charge in [0.15, 0.2) is 0 Å². The molecule has 1 aromatic heterocycles. The lowest BCUT2D eigenvalue weighted by molar-refractivity contribution is 0.0752. The molecule has 1 heterocycles. The molecule has 0 bridgehead atoms. The van der Waals surface area contributed by atoms with Gasteiger partial charge in [0.25, 0.3) is 5.91 Å². The zero-order valence-corrected chi connectivity index (χ0v) is 16.6. The maximum absolute atomic E-state index is 12.8. The summed E-state index contributed by atoms with van der Waals surface area (Å²) in [6.45, 7) is 7.49. The average molecular weight is 374 g/mol. The third kappa shape index (κ3) is 4.94. The molecular formula is C23H26N4O. The molecule has 3 aromatic rings. The summed E-state index contributed by atoms with van der Waals surface area (Å²) in [6.07, 6.45) is 3.15. The van der Waals surface area contributed by atoms with Crippen LogP contribution < -0.4 is 5.32 Å². The Morgan fingerprint density at radius 1 is 1.00 bits per heavy atom. The molecule has 1 N–H and O–H groups in total. The van der Waals surface area contributed by atoms with E-state index >= 15 is 0 Å². The molecule has 0 aliphatic heterocycles. The van der Waals surface area contributed by atoms with E-state index in [0.717, 1.165) is 11.3 Å². The minimum atomic E-state index is -0.0702. The predicted molar refractivity (Wildman–Crippen MR) is 113 cm³/mol. The van der Waals surface area contributed by atoms with Crippen LogP contribution in [0.5, 0.6) is 0 Å². The normalized spacial score (nSPS) is 10.7. The van der Waals surface area contributed by atoms with E-state index in [9.17, 15) is 4.79 Å². The number of anilines is 2. The van der Waals surface area contributed by atoms with Crippen LogP contribution in [-0.4, -0.2) is 27.3 Å². The van der Waals surface area contributed by atoms with Gasteiger partial charge >= 0.3 is 0 Å². The highest BCUT2D eigenvalue weighted by atomic mass is 16.2. The van der Waals surface area contributed by atoms with Crippen LogP contribution in [0.3, 0.4) is 0 Å². The van der Waals surface area contributed by atoms with Gasteiger partial charge in [-0.2, -0.15) is 0 Å². The predicted octanol–water partition coefficient (Wildman–Crippen LogP) is 5.01. The van der Waals surface area contributed by atoms with Gasteiger partial charge < -0.3 is 10.2 Å². The molecule has 5 nitrogen and oxygen atoms in total. The smallest absolute Gasteiger partial charge is 0.257 e. The Bertz CT molecular complexity index is 890. The molecule has 3 rings (SSSR count). The van der Waals surface area contributed by atoms with Crippen molar-refractivity contribution in [3.05, 3.63) is 83.7 Å². The van der Waals surface area contributed by atoms with Gasteiger partial charge in [-0.3, -0.25) is 4.79 Å². The van der Waals surface area contributed by atoms with Gasteiger partial charge in [0.2, 0.25) is 5.95 Å². The minimum Gasteiger partial charge on any atom is -0.335 e. The topological polar surface area (TPSA) is 58.1 Å². The second kappa shape index (κ2) is 9.13. The monoisotopic (exact) mass is 374 g/mol. The van der Waals surface area contributed by atoms with Crippen LogP contribution >= 0.6 is 0 Å². The lowest BCUT2D eigenvalue weighted by Crippen LogP contribution is -2.30. The summed E-state index contributed by atoms with van der Waals surface area (Å²) in [6, 6.07) is 18.2. The minimum absolute atomic E-state index is 0.0702. The number of aromatic nitrogens is 2. The van der Waals surface area contributed by atoms with Gasteiger partial charge in [0.05, 0.1) is 5.56 Å². The van der Waals surface area contributed by atoms with Gasteiger partial charge in [-0.25, -0.2) is 9.97 Å². The summed E-state index contributed by atoms with van der Waals surface area (Å²) < 4.78 is 0. The van der Waals surface area contributed by atoms with Gasteiger partial charge in [-0.05, 0) is 36.1 Å². The lowest BCUT2D eigenvalue weighted by atomic mass is 10.0. The fourth-order valence-electron chi connectivity index (χ4n) is 2.90. The molecule has 5 heteroatoms. The van der Waals surface area contributed by atoms with E-state index in [4.69, 9.17) is 0 Å². The molecule has 28 heavy (non-hydrogen) atoms. The van der Waals surface area contributed by atoms with Crippen molar-refractivity contribution in [1.29, 1.82) is 0 Å². The SMILES string of the molecule is CCN(Cc1ccccc1)C(=O)c1cnc(Nc2ccc(C(C)C)cc2)nc1. The third-order valence-corrected chi connectivity index (χ3v) is 4.62. The van der Waals surface area contributed by atoms with E-state index in [1.807, 2.05) is 49.4 Å². The van der Waals surface area contributed by atoms with Crippen LogP contribution in [0.25, 0.3) is 0 Å². The number of hydrogen-bond acceptors (Lipinski definition) is 4. The molecule has 0 aliphatic rings. The average Bonchev–Trinajstić information content (AvgIpc) is 2.73. The number of rotatable bonds is 7. The Morgan fingerprint density at radius 2 is 1.64 bits per heavy atom. The van der Waals surface area contributed by atoms with Crippen LogP contribution in [-0.2, 0) is 6.54 Å². The van der Waals surface area contributed by atoms with Crippen LogP contribution in [0.15, 0.2) is 67.0 Å². The van der Waals surface area contributed by atoms with E-state index in [1.54, 1.807) is 17.3 Å². The van der Waals surface area contributed by atoms with E-state index in [0.29, 0.717) is 30.5 Å². The molecule has 0 spiro atoms. The Balaban J connectivity index is 1.66. The molecule has 1 amide bonds. The highest BCUT2D eigenvalue weighted by molar-refractivity contribution is 5.93. The van der Waals surface area contributed by atoms with Gasteiger partial charge in [0, 0.05) is 31.2 Å². The highest BCUT2D eigenvalue weighted by Crippen LogP contribution is 2.19. The Labute approximate surface area is 166 Å². The number of nitrogens with zero attached hydrogens (tertiary/aromatic N) is 3. The molecule has 0 saturated heterocycles. The van der Waals surface area contributed by atoms with Gasteiger partial charge in [-0.15, -0.1) is 0 Å². The first-order valence-electron chi connectivity index (χ1n) is 9.59. The molecule has 0 atom stereocenters. The van der Waals surface area contributed by atoms with E-state index in [2.05, 4.69) is 41.3 Å². The van der Waals surface area contributed by atoms with E-state index in [-0.39, 0.29) is 5.91 Å². The zero-order valence-electron chi connectivity index (χ0n) is 16.6. The van der Waals surface area contributed by atoms with Crippen molar-refractivity contribution in [3.63, 3.8) is 0 Å². The largest absolute Gasteiger partial charge is 0.335 e. The summed E-state index contributed by atoms with van der Waals surface area (Å²) in [5.41, 5.74) is 3.79. The summed E-state index contributed by atoms with van der Waals surface area (Å²) in [5, 5.41) is 3.17. The number of carbonyl (C=O) groups is 1. The molecular weight excluding hydrogens is 348 g/mol. The number of amides is 1. The van der Waals surface area contributed by atoms with Crippen molar-refractivity contribution in [2.45, 2.75) is 33.2 Å². The second-order valence-electron chi connectivity index (χ2n) is 7.00. The van der Waals surface area contributed by atoms with Crippen molar-refractivity contribution >= 4 is 17.5 Å². The van der Waals surface area contributed by atoms with E-state index < -0.39 is 0 Å². The second-order valence-corrected chi connectivity index (χ2v) is 7.00. The van der Waals surface area contributed by atoms with Gasteiger partial charge in [-0.1, -0.05) is 56.3 Å². The molecule has 0 aliphatic carbocycles. The Kier molecular flexibility index (Phi) is 6.37. The first kappa shape index (κ1) is 19.5. The number of hydrogen-bond donors (Lipinski definition) is 1. The highest BCUT2D eigenvalue weighted by Gasteiger charge is 2.15. The standard InChI is InChI=1S/C23H26N4O/c1-4-27(16-18-8-6-5-7-9-18)22(28)20-14-24-23(25-15-20)26-21-12-10-19(11-13-21)17(2)3/h5-15,17H,4,16H2,1-3H3,(H,24,25,26). The summed E-state index contributed by atoms with van der Waals surface area (Å²) in [4.78, 5) is 23.2. The lowest BCUT2D eigenvalue weighted by Gasteiger charge is -2.20. The first-order chi connectivity index (χ1) is 13.6. The van der Waals surface area contributed by atoms with Crippen molar-refractivity contribution in [2.24, 2.45) is 0 Å². The van der Waals surface area contributed by atoms with Crippen LogP contribution in [0.1, 0.15) is 48.2 Å². The quantitative estimate of drug-likeness (QED) is 0.632. The maximum Gasteiger partial charge on any atom is 0.257 e. The summed E-state index contributed by atoms with van der Waals surface area (Å²) in [7, 11) is 0. The maximum atomic E-state index is 12.8. The van der Waals surface area contributed by atoms with Gasteiger partial charge in [0.1, 0.15) is 0 Å². The number of carbonyl (C=O) groups excluding carboxylic acids is 1. The fraction of sp³-hybridized carbons (Fsp3) is 0.261. The van der Waals surface area contributed by atoms with Crippen molar-refractivity contribution in [2.75, 3.05) is 11.9 Å². The Morgan fingerprint density at radius 3 is 2.21 bits per heavy atom. The summed E-state index contributed by atoms with van der Waals surface area (Å²) in [5.74, 6) is 0.895.